The second-order valence-electron chi connectivity index (χ2n) is 6.91. The monoisotopic (exact) mass is 391 g/mol. The van der Waals surface area contributed by atoms with Crippen LogP contribution in [-0.4, -0.2) is 48.5 Å². The molecule has 2 amide bonds. The summed E-state index contributed by atoms with van der Waals surface area (Å²) in [7, 11) is -3.37. The lowest BCUT2D eigenvalue weighted by Crippen LogP contribution is -2.44. The van der Waals surface area contributed by atoms with Crippen LogP contribution in [0.4, 0.5) is 10.5 Å². The van der Waals surface area contributed by atoms with E-state index in [0.717, 1.165) is 30.2 Å². The first-order valence-corrected chi connectivity index (χ1v) is 10.8. The number of hydrogen-bond donors (Lipinski definition) is 2. The zero-order chi connectivity index (χ0) is 19.4. The number of para-hydroxylation sites is 1. The van der Waals surface area contributed by atoms with Crippen molar-refractivity contribution in [2.24, 2.45) is 0 Å². The molecule has 0 spiro atoms. The summed E-state index contributed by atoms with van der Waals surface area (Å²) in [6, 6.07) is 7.22. The molecule has 9 heteroatoms. The van der Waals surface area contributed by atoms with E-state index in [0.29, 0.717) is 24.8 Å². The number of amides is 2. The summed E-state index contributed by atoms with van der Waals surface area (Å²) in [6.07, 6.45) is 6.71. The third-order valence-electron chi connectivity index (χ3n) is 4.60. The van der Waals surface area contributed by atoms with E-state index in [1.54, 1.807) is 23.1 Å². The van der Waals surface area contributed by atoms with Crippen molar-refractivity contribution >= 4 is 21.7 Å². The summed E-state index contributed by atoms with van der Waals surface area (Å²) in [5, 5.41) is 7.25. The molecule has 0 atom stereocenters. The lowest BCUT2D eigenvalue weighted by atomic mass is 10.1. The summed E-state index contributed by atoms with van der Waals surface area (Å²) in [5.41, 5.74) is 2.34. The van der Waals surface area contributed by atoms with Gasteiger partial charge in [-0.25, -0.2) is 13.2 Å². The lowest BCUT2D eigenvalue weighted by molar-refractivity contribution is 0.168. The number of sulfonamides is 1. The summed E-state index contributed by atoms with van der Waals surface area (Å²) in [4.78, 5) is 14.3. The highest BCUT2D eigenvalue weighted by Crippen LogP contribution is 2.22. The molecule has 8 nitrogen and oxygen atoms in total. The summed E-state index contributed by atoms with van der Waals surface area (Å²) < 4.78 is 27.4. The Morgan fingerprint density at radius 1 is 1.26 bits per heavy atom. The van der Waals surface area contributed by atoms with E-state index in [2.05, 4.69) is 15.1 Å². The Balaban J connectivity index is 1.53. The van der Waals surface area contributed by atoms with Crippen LogP contribution in [0.15, 0.2) is 36.7 Å². The van der Waals surface area contributed by atoms with Crippen LogP contribution in [0.1, 0.15) is 30.0 Å². The maximum Gasteiger partial charge on any atom is 0.317 e. The lowest BCUT2D eigenvalue weighted by Gasteiger charge is -2.32. The van der Waals surface area contributed by atoms with Gasteiger partial charge in [-0.1, -0.05) is 18.2 Å². The van der Waals surface area contributed by atoms with Crippen LogP contribution in [0.2, 0.25) is 0 Å². The molecule has 1 fully saturated rings. The molecule has 2 aromatic rings. The van der Waals surface area contributed by atoms with Gasteiger partial charge in [-0.15, -0.1) is 0 Å². The second kappa shape index (κ2) is 7.99. The average Bonchev–Trinajstić information content (AvgIpc) is 3.06. The molecule has 1 aliphatic rings. The van der Waals surface area contributed by atoms with Crippen molar-refractivity contribution in [2.45, 2.75) is 32.4 Å². The van der Waals surface area contributed by atoms with Gasteiger partial charge in [0.25, 0.3) is 0 Å². The first-order chi connectivity index (χ1) is 12.8. The van der Waals surface area contributed by atoms with Crippen LogP contribution < -0.4 is 10.0 Å². The van der Waals surface area contributed by atoms with Crippen LogP contribution in [-0.2, 0) is 16.6 Å². The smallest absolute Gasteiger partial charge is 0.317 e. The molecule has 1 aromatic carbocycles. The SMILES string of the molecule is Cc1cnn(C2CCN(C(=O)NCc3ccccc3NS(C)(=O)=O)CC2)c1. The largest absolute Gasteiger partial charge is 0.334 e. The molecule has 1 saturated heterocycles. The molecule has 0 saturated carbocycles. The predicted octanol–water partition coefficient (Wildman–Crippen LogP) is 2.11. The zero-order valence-corrected chi connectivity index (χ0v) is 16.4. The summed E-state index contributed by atoms with van der Waals surface area (Å²) in [6.45, 7) is 3.61. The molecule has 3 rings (SSSR count). The van der Waals surface area contributed by atoms with Crippen molar-refractivity contribution in [3.63, 3.8) is 0 Å². The van der Waals surface area contributed by atoms with Crippen LogP contribution in [0.3, 0.4) is 0 Å². The molecular weight excluding hydrogens is 366 g/mol. The fraction of sp³-hybridized carbons (Fsp3) is 0.444. The summed E-state index contributed by atoms with van der Waals surface area (Å²) in [5.74, 6) is 0. The Morgan fingerprint density at radius 2 is 1.96 bits per heavy atom. The van der Waals surface area contributed by atoms with Crippen molar-refractivity contribution < 1.29 is 13.2 Å². The molecule has 0 unspecified atom stereocenters. The highest BCUT2D eigenvalue weighted by atomic mass is 32.2. The van der Waals surface area contributed by atoms with Gasteiger partial charge >= 0.3 is 6.03 Å². The van der Waals surface area contributed by atoms with E-state index >= 15 is 0 Å². The van der Waals surface area contributed by atoms with Gasteiger partial charge in [-0.2, -0.15) is 5.10 Å². The van der Waals surface area contributed by atoms with Crippen LogP contribution in [0.5, 0.6) is 0 Å². The third-order valence-corrected chi connectivity index (χ3v) is 5.19. The van der Waals surface area contributed by atoms with Gasteiger partial charge in [-0.3, -0.25) is 9.40 Å². The minimum Gasteiger partial charge on any atom is -0.334 e. The van der Waals surface area contributed by atoms with E-state index in [9.17, 15) is 13.2 Å². The number of rotatable bonds is 5. The molecule has 0 bridgehead atoms. The minimum atomic E-state index is -3.37. The number of likely N-dealkylation sites (tertiary alicyclic amines) is 1. The topological polar surface area (TPSA) is 96.3 Å². The number of aryl methyl sites for hydroxylation is 1. The quantitative estimate of drug-likeness (QED) is 0.816. The Morgan fingerprint density at radius 3 is 2.59 bits per heavy atom. The zero-order valence-electron chi connectivity index (χ0n) is 15.6. The predicted molar refractivity (Wildman–Crippen MR) is 104 cm³/mol. The molecule has 1 aliphatic heterocycles. The number of nitrogens with zero attached hydrogens (tertiary/aromatic N) is 3. The highest BCUT2D eigenvalue weighted by molar-refractivity contribution is 7.92. The molecule has 2 heterocycles. The number of hydrogen-bond acceptors (Lipinski definition) is 4. The van der Waals surface area contributed by atoms with E-state index < -0.39 is 10.0 Å². The Kier molecular flexibility index (Phi) is 5.69. The molecule has 27 heavy (non-hydrogen) atoms. The average molecular weight is 391 g/mol. The number of carbonyl (C=O) groups is 1. The van der Waals surface area contributed by atoms with E-state index in [4.69, 9.17) is 0 Å². The number of benzene rings is 1. The maximum atomic E-state index is 12.5. The van der Waals surface area contributed by atoms with Crippen LogP contribution >= 0.6 is 0 Å². The fourth-order valence-electron chi connectivity index (χ4n) is 3.22. The Labute approximate surface area is 159 Å². The van der Waals surface area contributed by atoms with E-state index in [1.807, 2.05) is 30.1 Å². The van der Waals surface area contributed by atoms with Gasteiger partial charge in [-0.05, 0) is 37.0 Å². The number of anilines is 1. The van der Waals surface area contributed by atoms with Crippen molar-refractivity contribution in [1.29, 1.82) is 0 Å². The van der Waals surface area contributed by atoms with Gasteiger partial charge in [0.2, 0.25) is 10.0 Å². The number of carbonyl (C=O) groups excluding carboxylic acids is 1. The maximum absolute atomic E-state index is 12.5. The van der Waals surface area contributed by atoms with Crippen LogP contribution in [0.25, 0.3) is 0 Å². The summed E-state index contributed by atoms with van der Waals surface area (Å²) >= 11 is 0. The number of aromatic nitrogens is 2. The van der Waals surface area contributed by atoms with Gasteiger partial charge in [0.05, 0.1) is 24.2 Å². The Hall–Kier alpha value is -2.55. The molecule has 1 aromatic heterocycles. The van der Waals surface area contributed by atoms with Gasteiger partial charge in [0.1, 0.15) is 0 Å². The number of nitrogens with one attached hydrogen (secondary N) is 2. The van der Waals surface area contributed by atoms with E-state index in [-0.39, 0.29) is 12.6 Å². The molecule has 0 aliphatic carbocycles. The highest BCUT2D eigenvalue weighted by Gasteiger charge is 2.24. The molecule has 0 radical (unpaired) electrons. The number of piperidine rings is 1. The minimum absolute atomic E-state index is 0.140. The third kappa shape index (κ3) is 5.22. The fourth-order valence-corrected chi connectivity index (χ4v) is 3.82. The van der Waals surface area contributed by atoms with Crippen molar-refractivity contribution in [1.82, 2.24) is 20.0 Å². The van der Waals surface area contributed by atoms with Crippen molar-refractivity contribution in [3.05, 3.63) is 47.8 Å². The van der Waals surface area contributed by atoms with Gasteiger partial charge < -0.3 is 10.2 Å². The molecular formula is C18H25N5O3S. The van der Waals surface area contributed by atoms with Crippen molar-refractivity contribution in [3.8, 4) is 0 Å². The van der Waals surface area contributed by atoms with Gasteiger partial charge in [0, 0.05) is 25.8 Å². The second-order valence-corrected chi connectivity index (χ2v) is 8.65. The molecule has 2 N–H and O–H groups in total. The first-order valence-electron chi connectivity index (χ1n) is 8.91. The van der Waals surface area contributed by atoms with Gasteiger partial charge in [0.15, 0.2) is 0 Å². The van der Waals surface area contributed by atoms with Crippen LogP contribution in [0, 0.1) is 6.92 Å². The Bertz CT molecular complexity index is 901. The van der Waals surface area contributed by atoms with Crippen molar-refractivity contribution in [2.75, 3.05) is 24.1 Å². The normalized spacial score (nSPS) is 15.6. The molecule has 146 valence electrons. The first kappa shape index (κ1) is 19.2. The van der Waals surface area contributed by atoms with E-state index in [1.165, 1.54) is 0 Å². The standard InChI is InChI=1S/C18H25N5O3S/c1-14-11-20-23(13-14)16-7-9-22(10-8-16)18(24)19-12-15-5-3-4-6-17(15)21-27(2,25)26/h3-6,11,13,16,21H,7-10,12H2,1-2H3,(H,19,24). The number of urea groups is 1.